The second kappa shape index (κ2) is 8.72. The summed E-state index contributed by atoms with van der Waals surface area (Å²) in [5.74, 6) is 0.345. The van der Waals surface area contributed by atoms with Crippen LogP contribution in [0.25, 0.3) is 0 Å². The number of carbonyl (C=O) groups is 1. The maximum absolute atomic E-state index is 11.1. The molecule has 2 aromatic carbocycles. The summed E-state index contributed by atoms with van der Waals surface area (Å²) < 4.78 is 0. The molecular formula is C19H24N4O. The van der Waals surface area contributed by atoms with Crippen LogP contribution in [0.1, 0.15) is 34.0 Å². The highest BCUT2D eigenvalue weighted by molar-refractivity contribution is 5.92. The fraction of sp³-hybridized carbons (Fsp3) is 0.263. The molecule has 5 heteroatoms. The van der Waals surface area contributed by atoms with Crippen LogP contribution in [0.4, 0.5) is 0 Å². The number of aliphatic imine (C=N–C) groups is 1. The van der Waals surface area contributed by atoms with Crippen molar-refractivity contribution in [2.75, 3.05) is 6.54 Å². The number of rotatable bonds is 6. The van der Waals surface area contributed by atoms with Gasteiger partial charge in [-0.1, -0.05) is 36.4 Å². The summed E-state index contributed by atoms with van der Waals surface area (Å²) >= 11 is 0. The Morgan fingerprint density at radius 1 is 1.08 bits per heavy atom. The Morgan fingerprint density at radius 3 is 2.42 bits per heavy atom. The van der Waals surface area contributed by atoms with Crippen LogP contribution in [-0.4, -0.2) is 18.4 Å². The van der Waals surface area contributed by atoms with Crippen molar-refractivity contribution in [1.29, 1.82) is 0 Å². The van der Waals surface area contributed by atoms with E-state index in [1.165, 1.54) is 11.1 Å². The standard InChI is InChI=1S/C19H24N4O/c1-3-21-19(23-13-17-7-5-4-6-14(17)2)22-12-15-8-10-16(11-9-15)18(20)24/h4-11H,3,12-13H2,1-2H3,(H2,20,24)(H2,21,22,23). The van der Waals surface area contributed by atoms with Gasteiger partial charge >= 0.3 is 0 Å². The van der Waals surface area contributed by atoms with Crippen molar-refractivity contribution in [3.8, 4) is 0 Å². The van der Waals surface area contributed by atoms with Crippen LogP contribution in [0.3, 0.4) is 0 Å². The summed E-state index contributed by atoms with van der Waals surface area (Å²) in [6.45, 7) is 6.18. The Hall–Kier alpha value is -2.82. The van der Waals surface area contributed by atoms with Crippen LogP contribution in [0.5, 0.6) is 0 Å². The first-order valence-electron chi connectivity index (χ1n) is 8.05. The Labute approximate surface area is 143 Å². The molecule has 0 radical (unpaired) electrons. The third-order valence-electron chi connectivity index (χ3n) is 3.71. The van der Waals surface area contributed by atoms with E-state index in [0.29, 0.717) is 12.1 Å². The maximum atomic E-state index is 11.1. The quantitative estimate of drug-likeness (QED) is 0.564. The molecule has 0 bridgehead atoms. The van der Waals surface area contributed by atoms with Crippen LogP contribution < -0.4 is 16.4 Å². The van der Waals surface area contributed by atoms with Crippen molar-refractivity contribution < 1.29 is 4.79 Å². The second-order valence-electron chi connectivity index (χ2n) is 5.54. The third kappa shape index (κ3) is 5.12. The SMILES string of the molecule is CCNC(=NCc1ccc(C(N)=O)cc1)NCc1ccccc1C. The monoisotopic (exact) mass is 324 g/mol. The molecule has 0 heterocycles. The van der Waals surface area contributed by atoms with Gasteiger partial charge in [-0.3, -0.25) is 4.79 Å². The lowest BCUT2D eigenvalue weighted by Crippen LogP contribution is -2.36. The molecular weight excluding hydrogens is 300 g/mol. The van der Waals surface area contributed by atoms with Gasteiger partial charge in [0, 0.05) is 18.7 Å². The highest BCUT2D eigenvalue weighted by Gasteiger charge is 2.02. The molecule has 2 rings (SSSR count). The molecule has 1 amide bonds. The third-order valence-corrected chi connectivity index (χ3v) is 3.71. The molecule has 0 fully saturated rings. The fourth-order valence-electron chi connectivity index (χ4n) is 2.27. The molecule has 5 nitrogen and oxygen atoms in total. The van der Waals surface area contributed by atoms with Gasteiger partial charge in [-0.15, -0.1) is 0 Å². The van der Waals surface area contributed by atoms with Crippen molar-refractivity contribution in [2.24, 2.45) is 10.7 Å². The van der Waals surface area contributed by atoms with Gasteiger partial charge in [-0.05, 0) is 42.7 Å². The number of nitrogens with one attached hydrogen (secondary N) is 2. The molecule has 0 aromatic heterocycles. The summed E-state index contributed by atoms with van der Waals surface area (Å²) in [5.41, 5.74) is 9.27. The largest absolute Gasteiger partial charge is 0.366 e. The van der Waals surface area contributed by atoms with Crippen molar-refractivity contribution in [2.45, 2.75) is 26.9 Å². The smallest absolute Gasteiger partial charge is 0.248 e. The van der Waals surface area contributed by atoms with Gasteiger partial charge in [0.15, 0.2) is 5.96 Å². The zero-order valence-electron chi connectivity index (χ0n) is 14.2. The number of primary amides is 1. The first-order valence-corrected chi connectivity index (χ1v) is 8.05. The number of amides is 1. The van der Waals surface area contributed by atoms with Crippen molar-refractivity contribution in [3.63, 3.8) is 0 Å². The van der Waals surface area contributed by atoms with Gasteiger partial charge in [0.05, 0.1) is 6.54 Å². The molecule has 0 saturated carbocycles. The van der Waals surface area contributed by atoms with Gasteiger partial charge in [0.25, 0.3) is 0 Å². The zero-order chi connectivity index (χ0) is 17.4. The molecule has 2 aromatic rings. The van der Waals surface area contributed by atoms with E-state index in [2.05, 4.69) is 34.7 Å². The average molecular weight is 324 g/mol. The minimum absolute atomic E-state index is 0.418. The van der Waals surface area contributed by atoms with Gasteiger partial charge in [-0.2, -0.15) is 0 Å². The molecule has 24 heavy (non-hydrogen) atoms. The molecule has 0 unspecified atom stereocenters. The first kappa shape index (κ1) is 17.5. The van der Waals surface area contributed by atoms with E-state index < -0.39 is 5.91 Å². The van der Waals surface area contributed by atoms with E-state index in [-0.39, 0.29) is 0 Å². The van der Waals surface area contributed by atoms with E-state index in [1.54, 1.807) is 12.1 Å². The average Bonchev–Trinajstić information content (AvgIpc) is 2.59. The molecule has 0 aliphatic rings. The van der Waals surface area contributed by atoms with E-state index in [9.17, 15) is 4.79 Å². The number of guanidine groups is 1. The number of aryl methyl sites for hydroxylation is 1. The lowest BCUT2D eigenvalue weighted by atomic mass is 10.1. The Morgan fingerprint density at radius 2 is 1.79 bits per heavy atom. The first-order chi connectivity index (χ1) is 11.6. The summed E-state index contributed by atoms with van der Waals surface area (Å²) in [7, 11) is 0. The molecule has 0 spiro atoms. The van der Waals surface area contributed by atoms with E-state index in [4.69, 9.17) is 5.73 Å². The van der Waals surface area contributed by atoms with Crippen molar-refractivity contribution >= 4 is 11.9 Å². The number of hydrogen-bond acceptors (Lipinski definition) is 2. The number of nitrogens with zero attached hydrogens (tertiary/aromatic N) is 1. The lowest BCUT2D eigenvalue weighted by molar-refractivity contribution is 0.100. The van der Waals surface area contributed by atoms with Gasteiger partial charge in [-0.25, -0.2) is 4.99 Å². The molecule has 4 N–H and O–H groups in total. The van der Waals surface area contributed by atoms with Crippen LogP contribution in [0.2, 0.25) is 0 Å². The van der Waals surface area contributed by atoms with Crippen molar-refractivity contribution in [1.82, 2.24) is 10.6 Å². The molecule has 0 aliphatic carbocycles. The van der Waals surface area contributed by atoms with Crippen molar-refractivity contribution in [3.05, 3.63) is 70.8 Å². The number of nitrogens with two attached hydrogens (primary N) is 1. The molecule has 126 valence electrons. The second-order valence-corrected chi connectivity index (χ2v) is 5.54. The predicted molar refractivity (Wildman–Crippen MR) is 97.8 cm³/mol. The topological polar surface area (TPSA) is 79.5 Å². The number of benzene rings is 2. The normalized spacial score (nSPS) is 11.2. The Balaban J connectivity index is 1.99. The van der Waals surface area contributed by atoms with E-state index in [0.717, 1.165) is 24.6 Å². The summed E-state index contributed by atoms with van der Waals surface area (Å²) in [4.78, 5) is 15.7. The maximum Gasteiger partial charge on any atom is 0.248 e. The highest BCUT2D eigenvalue weighted by atomic mass is 16.1. The minimum atomic E-state index is -0.418. The highest BCUT2D eigenvalue weighted by Crippen LogP contribution is 2.07. The van der Waals surface area contributed by atoms with Gasteiger partial charge in [0.2, 0.25) is 5.91 Å². The Kier molecular flexibility index (Phi) is 6.37. The van der Waals surface area contributed by atoms with Crippen LogP contribution in [-0.2, 0) is 13.1 Å². The lowest BCUT2D eigenvalue weighted by Gasteiger charge is -2.12. The minimum Gasteiger partial charge on any atom is -0.366 e. The predicted octanol–water partition coefficient (Wildman–Crippen LogP) is 2.35. The zero-order valence-corrected chi connectivity index (χ0v) is 14.2. The number of hydrogen-bond donors (Lipinski definition) is 3. The van der Waals surface area contributed by atoms with Crippen LogP contribution in [0, 0.1) is 6.92 Å². The van der Waals surface area contributed by atoms with Gasteiger partial charge in [0.1, 0.15) is 0 Å². The molecule has 0 aliphatic heterocycles. The number of carbonyl (C=O) groups excluding carboxylic acids is 1. The molecule has 0 saturated heterocycles. The summed E-state index contributed by atoms with van der Waals surface area (Å²) in [5, 5.41) is 6.58. The fourth-order valence-corrected chi connectivity index (χ4v) is 2.27. The summed E-state index contributed by atoms with van der Waals surface area (Å²) in [6.07, 6.45) is 0. The Bertz CT molecular complexity index is 708. The summed E-state index contributed by atoms with van der Waals surface area (Å²) in [6, 6.07) is 15.5. The van der Waals surface area contributed by atoms with Crippen LogP contribution in [0.15, 0.2) is 53.5 Å². The van der Waals surface area contributed by atoms with E-state index in [1.807, 2.05) is 31.2 Å². The van der Waals surface area contributed by atoms with Crippen LogP contribution >= 0.6 is 0 Å². The van der Waals surface area contributed by atoms with E-state index >= 15 is 0 Å². The van der Waals surface area contributed by atoms with Gasteiger partial charge < -0.3 is 16.4 Å². The molecule has 0 atom stereocenters.